The lowest BCUT2D eigenvalue weighted by atomic mass is 10.2. The molecule has 3 rings (SSSR count). The van der Waals surface area contributed by atoms with Crippen molar-refractivity contribution in [2.75, 3.05) is 0 Å². The standard InChI is InChI=1S/C13H13BrFN3O/c14-10-7-9(4-5-11(10)15)8-18-13(19)17-6-2-1-3-12(17)16-18/h4-5,7H,1-3,6,8H2. The molecule has 6 heteroatoms. The van der Waals surface area contributed by atoms with E-state index in [2.05, 4.69) is 21.0 Å². The molecule has 0 bridgehead atoms. The van der Waals surface area contributed by atoms with E-state index in [-0.39, 0.29) is 11.5 Å². The number of aryl methyl sites for hydroxylation is 1. The summed E-state index contributed by atoms with van der Waals surface area (Å²) in [6.07, 6.45) is 2.97. The summed E-state index contributed by atoms with van der Waals surface area (Å²) in [5, 5.41) is 4.36. The van der Waals surface area contributed by atoms with E-state index in [1.165, 1.54) is 10.7 Å². The van der Waals surface area contributed by atoms with E-state index < -0.39 is 0 Å². The van der Waals surface area contributed by atoms with Gasteiger partial charge in [-0.3, -0.25) is 4.57 Å². The molecule has 1 aromatic heterocycles. The average Bonchev–Trinajstić information content (AvgIpc) is 2.72. The van der Waals surface area contributed by atoms with E-state index in [1.54, 1.807) is 16.7 Å². The maximum Gasteiger partial charge on any atom is 0.346 e. The highest BCUT2D eigenvalue weighted by Crippen LogP contribution is 2.17. The molecule has 19 heavy (non-hydrogen) atoms. The van der Waals surface area contributed by atoms with E-state index in [0.29, 0.717) is 11.0 Å². The summed E-state index contributed by atoms with van der Waals surface area (Å²) >= 11 is 3.15. The maximum absolute atomic E-state index is 13.2. The van der Waals surface area contributed by atoms with Gasteiger partial charge in [-0.1, -0.05) is 6.07 Å². The Morgan fingerprint density at radius 2 is 2.21 bits per heavy atom. The van der Waals surface area contributed by atoms with Crippen LogP contribution in [0.25, 0.3) is 0 Å². The average molecular weight is 326 g/mol. The molecule has 0 atom stereocenters. The van der Waals surface area contributed by atoms with Crippen molar-refractivity contribution in [3.63, 3.8) is 0 Å². The van der Waals surface area contributed by atoms with Gasteiger partial charge in [-0.15, -0.1) is 0 Å². The molecule has 0 saturated heterocycles. The Bertz CT molecular complexity index is 677. The van der Waals surface area contributed by atoms with Crippen molar-refractivity contribution in [3.8, 4) is 0 Å². The molecule has 0 unspecified atom stereocenters. The van der Waals surface area contributed by atoms with E-state index in [1.807, 2.05) is 0 Å². The highest BCUT2D eigenvalue weighted by atomic mass is 79.9. The van der Waals surface area contributed by atoms with Crippen molar-refractivity contribution in [2.45, 2.75) is 32.4 Å². The Balaban J connectivity index is 1.93. The minimum Gasteiger partial charge on any atom is -0.279 e. The zero-order chi connectivity index (χ0) is 13.4. The van der Waals surface area contributed by atoms with Crippen LogP contribution in [0.4, 0.5) is 4.39 Å². The van der Waals surface area contributed by atoms with Gasteiger partial charge in [0, 0.05) is 13.0 Å². The lowest BCUT2D eigenvalue weighted by molar-refractivity contribution is 0.511. The van der Waals surface area contributed by atoms with E-state index in [9.17, 15) is 9.18 Å². The van der Waals surface area contributed by atoms with Crippen LogP contribution in [0.5, 0.6) is 0 Å². The largest absolute Gasteiger partial charge is 0.346 e. The number of halogens is 2. The predicted octanol–water partition coefficient (Wildman–Crippen LogP) is 2.33. The SMILES string of the molecule is O=c1n(Cc2ccc(F)c(Br)c2)nc2n1CCCC2. The van der Waals surface area contributed by atoms with Crippen LogP contribution >= 0.6 is 15.9 Å². The molecular weight excluding hydrogens is 313 g/mol. The zero-order valence-corrected chi connectivity index (χ0v) is 11.9. The summed E-state index contributed by atoms with van der Waals surface area (Å²) in [6, 6.07) is 4.74. The van der Waals surface area contributed by atoms with Crippen LogP contribution in [0.3, 0.4) is 0 Å². The summed E-state index contributed by atoms with van der Waals surface area (Å²) in [5.41, 5.74) is 0.779. The Morgan fingerprint density at radius 1 is 1.37 bits per heavy atom. The molecule has 0 amide bonds. The Labute approximate surface area is 118 Å². The van der Waals surface area contributed by atoms with Crippen LogP contribution in [0.15, 0.2) is 27.5 Å². The third kappa shape index (κ3) is 2.36. The predicted molar refractivity (Wildman–Crippen MR) is 72.6 cm³/mol. The number of fused-ring (bicyclic) bond motifs is 1. The molecule has 1 aliphatic rings. The number of hydrogen-bond acceptors (Lipinski definition) is 2. The smallest absolute Gasteiger partial charge is 0.279 e. The van der Waals surface area contributed by atoms with Gasteiger partial charge in [-0.2, -0.15) is 5.10 Å². The molecule has 1 aromatic carbocycles. The first kappa shape index (κ1) is 12.6. The lowest BCUT2D eigenvalue weighted by Crippen LogP contribution is -2.27. The van der Waals surface area contributed by atoms with Crippen molar-refractivity contribution < 1.29 is 4.39 Å². The van der Waals surface area contributed by atoms with Crippen LogP contribution in [-0.2, 0) is 19.5 Å². The summed E-state index contributed by atoms with van der Waals surface area (Å²) in [5.74, 6) is 0.553. The second kappa shape index (κ2) is 4.92. The molecule has 0 aliphatic carbocycles. The van der Waals surface area contributed by atoms with Gasteiger partial charge in [0.2, 0.25) is 0 Å². The molecule has 2 heterocycles. The maximum atomic E-state index is 13.2. The highest BCUT2D eigenvalue weighted by molar-refractivity contribution is 9.10. The molecular formula is C13H13BrFN3O. The van der Waals surface area contributed by atoms with Crippen LogP contribution in [0.2, 0.25) is 0 Å². The number of nitrogens with zero attached hydrogens (tertiary/aromatic N) is 3. The van der Waals surface area contributed by atoms with Gasteiger partial charge in [-0.25, -0.2) is 13.9 Å². The number of benzene rings is 1. The third-order valence-corrected chi connectivity index (χ3v) is 3.96. The number of hydrogen-bond donors (Lipinski definition) is 0. The monoisotopic (exact) mass is 325 g/mol. The number of aromatic nitrogens is 3. The fourth-order valence-electron chi connectivity index (χ4n) is 2.36. The molecule has 0 spiro atoms. The minimum absolute atomic E-state index is 0.0739. The topological polar surface area (TPSA) is 39.8 Å². The van der Waals surface area contributed by atoms with Crippen molar-refractivity contribution in [1.82, 2.24) is 14.3 Å². The van der Waals surface area contributed by atoms with Crippen molar-refractivity contribution in [1.29, 1.82) is 0 Å². The van der Waals surface area contributed by atoms with E-state index in [0.717, 1.165) is 37.2 Å². The van der Waals surface area contributed by atoms with Gasteiger partial charge in [0.05, 0.1) is 11.0 Å². The van der Waals surface area contributed by atoms with E-state index in [4.69, 9.17) is 0 Å². The number of rotatable bonds is 2. The second-order valence-corrected chi connectivity index (χ2v) is 5.57. The Kier molecular flexibility index (Phi) is 3.26. The molecule has 0 N–H and O–H groups in total. The van der Waals surface area contributed by atoms with Crippen molar-refractivity contribution in [3.05, 3.63) is 50.4 Å². The van der Waals surface area contributed by atoms with E-state index >= 15 is 0 Å². The zero-order valence-electron chi connectivity index (χ0n) is 10.3. The normalized spacial score (nSPS) is 14.4. The van der Waals surface area contributed by atoms with Crippen LogP contribution < -0.4 is 5.69 Å². The van der Waals surface area contributed by atoms with Crippen molar-refractivity contribution in [2.24, 2.45) is 0 Å². The van der Waals surface area contributed by atoms with Crippen LogP contribution in [-0.4, -0.2) is 14.3 Å². The van der Waals surface area contributed by atoms with Crippen molar-refractivity contribution >= 4 is 15.9 Å². The van der Waals surface area contributed by atoms with Gasteiger partial charge >= 0.3 is 5.69 Å². The Hall–Kier alpha value is -1.43. The molecule has 0 saturated carbocycles. The third-order valence-electron chi connectivity index (χ3n) is 3.35. The van der Waals surface area contributed by atoms with Crippen LogP contribution in [0, 0.1) is 5.82 Å². The summed E-state index contributed by atoms with van der Waals surface area (Å²) in [6.45, 7) is 1.12. The van der Waals surface area contributed by atoms with Gasteiger partial charge in [0.1, 0.15) is 11.6 Å². The first-order valence-electron chi connectivity index (χ1n) is 6.25. The minimum atomic E-state index is -0.305. The summed E-state index contributed by atoms with van der Waals surface area (Å²) in [7, 11) is 0. The van der Waals surface area contributed by atoms with Gasteiger partial charge in [0.15, 0.2) is 0 Å². The molecule has 0 fully saturated rings. The molecule has 100 valence electrons. The first-order chi connectivity index (χ1) is 9.15. The second-order valence-electron chi connectivity index (χ2n) is 4.71. The highest BCUT2D eigenvalue weighted by Gasteiger charge is 2.16. The molecule has 2 aromatic rings. The molecule has 0 radical (unpaired) electrons. The lowest BCUT2D eigenvalue weighted by Gasteiger charge is -2.09. The molecule has 1 aliphatic heterocycles. The van der Waals surface area contributed by atoms with Gasteiger partial charge in [0.25, 0.3) is 0 Å². The van der Waals surface area contributed by atoms with Crippen LogP contribution in [0.1, 0.15) is 24.2 Å². The van der Waals surface area contributed by atoms with Gasteiger partial charge < -0.3 is 0 Å². The van der Waals surface area contributed by atoms with Gasteiger partial charge in [-0.05, 0) is 46.5 Å². The first-order valence-corrected chi connectivity index (χ1v) is 7.05. The quantitative estimate of drug-likeness (QED) is 0.850. The fraction of sp³-hybridized carbons (Fsp3) is 0.385. The molecule has 4 nitrogen and oxygen atoms in total. The summed E-state index contributed by atoms with van der Waals surface area (Å²) < 4.78 is 16.8. The summed E-state index contributed by atoms with van der Waals surface area (Å²) in [4.78, 5) is 12.1. The Morgan fingerprint density at radius 3 is 2.95 bits per heavy atom. The fourth-order valence-corrected chi connectivity index (χ4v) is 2.79.